The molecule has 0 atom stereocenters. The van der Waals surface area contributed by atoms with Crippen LogP contribution in [0, 0.1) is 30.1 Å². The highest BCUT2D eigenvalue weighted by Crippen LogP contribution is 2.50. The van der Waals surface area contributed by atoms with Gasteiger partial charge in [0, 0.05) is 36.3 Å². The van der Waals surface area contributed by atoms with Crippen LogP contribution in [0.3, 0.4) is 0 Å². The summed E-state index contributed by atoms with van der Waals surface area (Å²) in [7, 11) is 1.56. The van der Waals surface area contributed by atoms with E-state index in [1.807, 2.05) is 26.0 Å². The maximum atomic E-state index is 13.2. The number of hydrogen-bond donors (Lipinski definition) is 0. The third kappa shape index (κ3) is 4.15. The van der Waals surface area contributed by atoms with E-state index in [0.29, 0.717) is 36.4 Å². The number of benzene rings is 1. The summed E-state index contributed by atoms with van der Waals surface area (Å²) in [4.78, 5) is 38.4. The second-order valence-corrected chi connectivity index (χ2v) is 8.60. The molecule has 2 aliphatic carbocycles. The minimum absolute atomic E-state index is 0.0164. The molecule has 2 saturated carbocycles. The molecular weight excluding hydrogens is 364 g/mol. The summed E-state index contributed by atoms with van der Waals surface area (Å²) in [5.74, 6) is 6.06. The SMILES string of the molecule is CC#Cc1cc(C)c(C2C(=O)CC3(CCC(C(=O)CC)CC3)CC2=O)c(OC)c1. The van der Waals surface area contributed by atoms with Gasteiger partial charge in [-0.25, -0.2) is 0 Å². The smallest absolute Gasteiger partial charge is 0.148 e. The Morgan fingerprint density at radius 2 is 1.79 bits per heavy atom. The fourth-order valence-corrected chi connectivity index (χ4v) is 5.22. The Kier molecular flexibility index (Phi) is 6.27. The first-order valence-corrected chi connectivity index (χ1v) is 10.5. The van der Waals surface area contributed by atoms with Gasteiger partial charge in [0.1, 0.15) is 29.0 Å². The lowest BCUT2D eigenvalue weighted by Gasteiger charge is -2.43. The maximum Gasteiger partial charge on any atom is 0.148 e. The number of aryl methyl sites for hydroxylation is 1. The first-order valence-electron chi connectivity index (χ1n) is 10.5. The van der Waals surface area contributed by atoms with E-state index in [1.165, 1.54) is 0 Å². The largest absolute Gasteiger partial charge is 0.496 e. The molecule has 0 amide bonds. The van der Waals surface area contributed by atoms with Crippen LogP contribution in [0.1, 0.15) is 81.4 Å². The van der Waals surface area contributed by atoms with E-state index in [1.54, 1.807) is 14.0 Å². The van der Waals surface area contributed by atoms with E-state index in [-0.39, 0.29) is 22.9 Å². The number of carbonyl (C=O) groups is 3. The number of hydrogen-bond acceptors (Lipinski definition) is 4. The minimum Gasteiger partial charge on any atom is -0.496 e. The van der Waals surface area contributed by atoms with Gasteiger partial charge in [0.25, 0.3) is 0 Å². The number of ether oxygens (including phenoxy) is 1. The molecule has 2 fully saturated rings. The van der Waals surface area contributed by atoms with Crippen molar-refractivity contribution in [3.63, 3.8) is 0 Å². The van der Waals surface area contributed by atoms with Gasteiger partial charge in [0.15, 0.2) is 0 Å². The third-order valence-electron chi connectivity index (χ3n) is 6.72. The number of carbonyl (C=O) groups excluding carboxylic acids is 3. The molecule has 0 unspecified atom stereocenters. The Hall–Kier alpha value is -2.41. The Morgan fingerprint density at radius 3 is 2.31 bits per heavy atom. The van der Waals surface area contributed by atoms with Gasteiger partial charge in [-0.05, 0) is 62.6 Å². The number of rotatable bonds is 4. The summed E-state index contributed by atoms with van der Waals surface area (Å²) in [5, 5.41) is 0. The lowest BCUT2D eigenvalue weighted by atomic mass is 9.59. The van der Waals surface area contributed by atoms with Crippen LogP contribution in [0.4, 0.5) is 0 Å². The molecule has 1 spiro atoms. The van der Waals surface area contributed by atoms with Crippen LogP contribution < -0.4 is 4.74 Å². The Labute approximate surface area is 173 Å². The topological polar surface area (TPSA) is 60.4 Å². The quantitative estimate of drug-likeness (QED) is 0.555. The van der Waals surface area contributed by atoms with Crippen molar-refractivity contribution < 1.29 is 19.1 Å². The van der Waals surface area contributed by atoms with Crippen LogP contribution in [0.2, 0.25) is 0 Å². The number of methoxy groups -OCH3 is 1. The van der Waals surface area contributed by atoms with Gasteiger partial charge < -0.3 is 4.74 Å². The first kappa shape index (κ1) is 21.3. The van der Waals surface area contributed by atoms with E-state index >= 15 is 0 Å². The average molecular weight is 395 g/mol. The van der Waals surface area contributed by atoms with Gasteiger partial charge in [0.05, 0.1) is 7.11 Å². The average Bonchev–Trinajstić information content (AvgIpc) is 2.69. The van der Waals surface area contributed by atoms with Crippen molar-refractivity contribution in [1.82, 2.24) is 0 Å². The van der Waals surface area contributed by atoms with Crippen molar-refractivity contribution in [2.75, 3.05) is 7.11 Å². The van der Waals surface area contributed by atoms with Crippen LogP contribution in [-0.4, -0.2) is 24.5 Å². The first-order chi connectivity index (χ1) is 13.8. The molecule has 0 bridgehead atoms. The minimum atomic E-state index is -0.755. The molecule has 4 heteroatoms. The molecule has 1 aromatic carbocycles. The van der Waals surface area contributed by atoms with Crippen molar-refractivity contribution in [3.05, 3.63) is 28.8 Å². The fraction of sp³-hybridized carbons (Fsp3) is 0.560. The highest BCUT2D eigenvalue weighted by atomic mass is 16.5. The zero-order valence-electron chi connectivity index (χ0n) is 17.9. The second kappa shape index (κ2) is 8.53. The van der Waals surface area contributed by atoms with E-state index < -0.39 is 5.92 Å². The van der Waals surface area contributed by atoms with Gasteiger partial charge in [-0.15, -0.1) is 5.92 Å². The molecule has 0 aromatic heterocycles. The molecule has 0 N–H and O–H groups in total. The van der Waals surface area contributed by atoms with Crippen LogP contribution in [-0.2, 0) is 14.4 Å². The van der Waals surface area contributed by atoms with Gasteiger partial charge in [-0.3, -0.25) is 14.4 Å². The lowest BCUT2D eigenvalue weighted by Crippen LogP contribution is -2.42. The third-order valence-corrected chi connectivity index (χ3v) is 6.72. The van der Waals surface area contributed by atoms with Crippen LogP contribution >= 0.6 is 0 Å². The van der Waals surface area contributed by atoms with E-state index in [0.717, 1.165) is 36.8 Å². The monoisotopic (exact) mass is 394 g/mol. The molecule has 154 valence electrons. The fourth-order valence-electron chi connectivity index (χ4n) is 5.22. The van der Waals surface area contributed by atoms with Gasteiger partial charge in [0.2, 0.25) is 0 Å². The van der Waals surface area contributed by atoms with Gasteiger partial charge in [-0.1, -0.05) is 12.8 Å². The predicted octanol–water partition coefficient (Wildman–Crippen LogP) is 4.55. The summed E-state index contributed by atoms with van der Waals surface area (Å²) >= 11 is 0. The van der Waals surface area contributed by atoms with Gasteiger partial charge in [-0.2, -0.15) is 0 Å². The normalized spacial score (nSPS) is 26.8. The summed E-state index contributed by atoms with van der Waals surface area (Å²) in [6.07, 6.45) is 4.55. The van der Waals surface area contributed by atoms with E-state index in [4.69, 9.17) is 4.74 Å². The lowest BCUT2D eigenvalue weighted by molar-refractivity contribution is -0.138. The van der Waals surface area contributed by atoms with Crippen LogP contribution in [0.5, 0.6) is 5.75 Å². The maximum absolute atomic E-state index is 13.2. The number of Topliss-reactive ketones (excluding diaryl/α,β-unsaturated/α-hetero) is 3. The predicted molar refractivity (Wildman–Crippen MR) is 112 cm³/mol. The Bertz CT molecular complexity index is 871. The van der Waals surface area contributed by atoms with Crippen molar-refractivity contribution in [3.8, 4) is 17.6 Å². The molecule has 29 heavy (non-hydrogen) atoms. The Balaban J connectivity index is 1.85. The number of ketones is 3. The Morgan fingerprint density at radius 1 is 1.17 bits per heavy atom. The molecule has 0 saturated heterocycles. The van der Waals surface area contributed by atoms with Crippen LogP contribution in [0.15, 0.2) is 12.1 Å². The molecule has 4 nitrogen and oxygen atoms in total. The molecule has 1 aromatic rings. The molecule has 0 aliphatic heterocycles. The van der Waals surface area contributed by atoms with Gasteiger partial charge >= 0.3 is 0 Å². The van der Waals surface area contributed by atoms with E-state index in [2.05, 4.69) is 11.8 Å². The van der Waals surface area contributed by atoms with Crippen molar-refractivity contribution >= 4 is 17.3 Å². The highest BCUT2D eigenvalue weighted by Gasteiger charge is 2.48. The zero-order chi connectivity index (χ0) is 21.2. The summed E-state index contributed by atoms with van der Waals surface area (Å²) in [6.45, 7) is 5.58. The van der Waals surface area contributed by atoms with Crippen molar-refractivity contribution in [1.29, 1.82) is 0 Å². The standard InChI is InChI=1S/C25H30O4/c1-5-7-17-12-16(3)23(22(13-17)29-4)24-20(27)14-25(15-21(24)28)10-8-18(9-11-25)19(26)6-2/h12-13,18,24H,6,8-11,14-15H2,1-4H3. The molecular formula is C25H30O4. The zero-order valence-corrected chi connectivity index (χ0v) is 17.9. The van der Waals surface area contributed by atoms with Crippen LogP contribution in [0.25, 0.3) is 0 Å². The molecule has 3 rings (SSSR count). The van der Waals surface area contributed by atoms with Crippen molar-refractivity contribution in [2.24, 2.45) is 11.3 Å². The second-order valence-electron chi connectivity index (χ2n) is 8.60. The molecule has 0 radical (unpaired) electrons. The summed E-state index contributed by atoms with van der Waals surface area (Å²) in [6, 6.07) is 3.73. The highest BCUT2D eigenvalue weighted by molar-refractivity contribution is 6.11. The van der Waals surface area contributed by atoms with Crippen molar-refractivity contribution in [2.45, 2.75) is 71.6 Å². The summed E-state index contributed by atoms with van der Waals surface area (Å²) < 4.78 is 5.54. The molecule has 2 aliphatic rings. The summed E-state index contributed by atoms with van der Waals surface area (Å²) in [5.41, 5.74) is 2.11. The molecule has 0 heterocycles. The van der Waals surface area contributed by atoms with E-state index in [9.17, 15) is 14.4 Å².